The third kappa shape index (κ3) is 5.17. The maximum absolute atomic E-state index is 12.2. The number of rotatable bonds is 8. The predicted octanol–water partition coefficient (Wildman–Crippen LogP) is 1.58. The Kier molecular flexibility index (Phi) is 6.87. The van der Waals surface area contributed by atoms with Crippen molar-refractivity contribution < 1.29 is 9.72 Å². The Bertz CT molecular complexity index is 977. The molecule has 0 saturated heterocycles. The Morgan fingerprint density at radius 2 is 2.14 bits per heavy atom. The molecule has 1 aromatic heterocycles. The van der Waals surface area contributed by atoms with E-state index in [9.17, 15) is 19.7 Å². The first-order valence-electron chi connectivity index (χ1n) is 8.73. The number of pyridine rings is 1. The van der Waals surface area contributed by atoms with Crippen molar-refractivity contribution in [2.75, 3.05) is 24.5 Å². The van der Waals surface area contributed by atoms with Crippen LogP contribution in [0.2, 0.25) is 0 Å². The minimum Gasteiger partial charge on any atom is -0.370 e. The van der Waals surface area contributed by atoms with E-state index in [2.05, 4.69) is 16.3 Å². The van der Waals surface area contributed by atoms with Crippen molar-refractivity contribution in [1.82, 2.24) is 9.88 Å². The Hall–Kier alpha value is -3.67. The fourth-order valence-corrected chi connectivity index (χ4v) is 2.75. The molecule has 9 nitrogen and oxygen atoms in total. The van der Waals surface area contributed by atoms with Gasteiger partial charge in [0.05, 0.1) is 11.1 Å². The Labute approximate surface area is 162 Å². The monoisotopic (exact) mass is 383 g/mol. The van der Waals surface area contributed by atoms with E-state index in [0.29, 0.717) is 13.1 Å². The summed E-state index contributed by atoms with van der Waals surface area (Å²) >= 11 is 0. The van der Waals surface area contributed by atoms with Crippen LogP contribution in [0.25, 0.3) is 0 Å². The van der Waals surface area contributed by atoms with Crippen LogP contribution in [-0.2, 0) is 11.3 Å². The molecule has 0 fully saturated rings. The first-order chi connectivity index (χ1) is 13.3. The Morgan fingerprint density at radius 1 is 1.39 bits per heavy atom. The van der Waals surface area contributed by atoms with Crippen LogP contribution in [0, 0.1) is 28.4 Å². The van der Waals surface area contributed by atoms with Gasteiger partial charge in [-0.25, -0.2) is 0 Å². The molecule has 0 spiro atoms. The van der Waals surface area contributed by atoms with Crippen molar-refractivity contribution >= 4 is 17.3 Å². The van der Waals surface area contributed by atoms with Crippen molar-refractivity contribution in [3.8, 4) is 6.07 Å². The zero-order valence-corrected chi connectivity index (χ0v) is 15.7. The summed E-state index contributed by atoms with van der Waals surface area (Å²) in [6, 6.07) is 10.5. The quantitative estimate of drug-likeness (QED) is 0.546. The second-order valence-corrected chi connectivity index (χ2v) is 6.18. The SMILES string of the molecule is CCN(CCNC(=O)Cn1cc([N+](=O)[O-])cc(C#N)c1=O)c1cccc(C)c1. The minimum atomic E-state index is -0.738. The Morgan fingerprint density at radius 3 is 2.75 bits per heavy atom. The van der Waals surface area contributed by atoms with E-state index in [1.807, 2.05) is 32.0 Å². The zero-order chi connectivity index (χ0) is 20.7. The number of aromatic nitrogens is 1. The molecule has 2 rings (SSSR count). The van der Waals surface area contributed by atoms with Gasteiger partial charge in [0.1, 0.15) is 18.2 Å². The molecule has 0 aliphatic rings. The summed E-state index contributed by atoms with van der Waals surface area (Å²) in [4.78, 5) is 36.6. The van der Waals surface area contributed by atoms with E-state index in [1.54, 1.807) is 6.07 Å². The number of amides is 1. The number of carbonyl (C=O) groups excluding carboxylic acids is 1. The summed E-state index contributed by atoms with van der Waals surface area (Å²) in [5, 5.41) is 22.6. The van der Waals surface area contributed by atoms with Crippen LogP contribution in [0.3, 0.4) is 0 Å². The minimum absolute atomic E-state index is 0.343. The number of carbonyl (C=O) groups is 1. The molecule has 1 heterocycles. The van der Waals surface area contributed by atoms with Crippen molar-refractivity contribution in [2.45, 2.75) is 20.4 Å². The summed E-state index contributed by atoms with van der Waals surface area (Å²) in [6.07, 6.45) is 0.966. The second-order valence-electron chi connectivity index (χ2n) is 6.18. The third-order valence-electron chi connectivity index (χ3n) is 4.17. The average Bonchev–Trinajstić information content (AvgIpc) is 2.66. The van der Waals surface area contributed by atoms with E-state index >= 15 is 0 Å². The van der Waals surface area contributed by atoms with E-state index in [0.717, 1.165) is 34.6 Å². The van der Waals surface area contributed by atoms with E-state index < -0.39 is 28.6 Å². The average molecular weight is 383 g/mol. The second kappa shape index (κ2) is 9.32. The number of aryl methyl sites for hydroxylation is 1. The molecule has 1 N–H and O–H groups in total. The van der Waals surface area contributed by atoms with Gasteiger partial charge in [0.2, 0.25) is 5.91 Å². The molecule has 1 amide bonds. The summed E-state index contributed by atoms with van der Waals surface area (Å²) < 4.78 is 0.879. The molecule has 0 bridgehead atoms. The fourth-order valence-electron chi connectivity index (χ4n) is 2.75. The number of nitrogens with one attached hydrogen (secondary N) is 1. The largest absolute Gasteiger partial charge is 0.370 e. The lowest BCUT2D eigenvalue weighted by Crippen LogP contribution is -2.38. The standard InChI is InChI=1S/C19H21N5O4/c1-3-22(16-6-4-5-14(2)9-16)8-7-21-18(25)13-23-12-17(24(27)28)10-15(11-20)19(23)26/h4-6,9-10,12H,3,7-8,13H2,1-2H3,(H,21,25). The van der Waals surface area contributed by atoms with Crippen molar-refractivity contribution in [3.05, 3.63) is 68.1 Å². The van der Waals surface area contributed by atoms with E-state index in [1.165, 1.54) is 0 Å². The third-order valence-corrected chi connectivity index (χ3v) is 4.17. The van der Waals surface area contributed by atoms with Crippen LogP contribution >= 0.6 is 0 Å². The van der Waals surface area contributed by atoms with Crippen LogP contribution in [0.5, 0.6) is 0 Å². The summed E-state index contributed by atoms with van der Waals surface area (Å²) in [5.41, 5.74) is 0.654. The molecular formula is C19H21N5O4. The van der Waals surface area contributed by atoms with Gasteiger partial charge < -0.3 is 10.2 Å². The molecule has 0 atom stereocenters. The van der Waals surface area contributed by atoms with Gasteiger partial charge in [-0.05, 0) is 31.5 Å². The van der Waals surface area contributed by atoms with Gasteiger partial charge in [0.25, 0.3) is 11.2 Å². The summed E-state index contributed by atoms with van der Waals surface area (Å²) in [6.45, 7) is 5.29. The number of nitro groups is 1. The number of nitrogens with zero attached hydrogens (tertiary/aromatic N) is 4. The predicted molar refractivity (Wildman–Crippen MR) is 104 cm³/mol. The smallest absolute Gasteiger partial charge is 0.287 e. The highest BCUT2D eigenvalue weighted by atomic mass is 16.6. The Balaban J connectivity index is 2.01. The van der Waals surface area contributed by atoms with Crippen LogP contribution in [0.15, 0.2) is 41.3 Å². The molecule has 1 aromatic carbocycles. The first-order valence-corrected chi connectivity index (χ1v) is 8.73. The van der Waals surface area contributed by atoms with Crippen molar-refractivity contribution in [1.29, 1.82) is 5.26 Å². The molecular weight excluding hydrogens is 362 g/mol. The van der Waals surface area contributed by atoms with Gasteiger partial charge in [0.15, 0.2) is 0 Å². The number of anilines is 1. The molecule has 28 heavy (non-hydrogen) atoms. The molecule has 0 aliphatic heterocycles. The lowest BCUT2D eigenvalue weighted by Gasteiger charge is -2.23. The van der Waals surface area contributed by atoms with Gasteiger partial charge in [-0.2, -0.15) is 5.26 Å². The normalized spacial score (nSPS) is 10.2. The fraction of sp³-hybridized carbons (Fsp3) is 0.316. The first kappa shape index (κ1) is 20.6. The highest BCUT2D eigenvalue weighted by Gasteiger charge is 2.15. The highest BCUT2D eigenvalue weighted by Crippen LogP contribution is 2.15. The number of hydrogen-bond acceptors (Lipinski definition) is 6. The molecule has 146 valence electrons. The maximum Gasteiger partial charge on any atom is 0.287 e. The van der Waals surface area contributed by atoms with Crippen molar-refractivity contribution in [3.63, 3.8) is 0 Å². The zero-order valence-electron chi connectivity index (χ0n) is 15.7. The highest BCUT2D eigenvalue weighted by molar-refractivity contribution is 5.75. The lowest BCUT2D eigenvalue weighted by molar-refractivity contribution is -0.385. The molecule has 0 saturated carbocycles. The molecule has 0 aliphatic carbocycles. The van der Waals surface area contributed by atoms with Gasteiger partial charge in [-0.15, -0.1) is 0 Å². The van der Waals surface area contributed by atoms with E-state index in [-0.39, 0.29) is 5.56 Å². The van der Waals surface area contributed by atoms with E-state index in [4.69, 9.17) is 5.26 Å². The number of nitriles is 1. The van der Waals surface area contributed by atoms with Gasteiger partial charge >= 0.3 is 0 Å². The maximum atomic E-state index is 12.2. The number of hydrogen-bond donors (Lipinski definition) is 1. The van der Waals surface area contributed by atoms with Crippen LogP contribution in [0.4, 0.5) is 11.4 Å². The van der Waals surface area contributed by atoms with Gasteiger partial charge in [-0.1, -0.05) is 12.1 Å². The number of likely N-dealkylation sites (N-methyl/N-ethyl adjacent to an activating group) is 1. The molecule has 0 unspecified atom stereocenters. The summed E-state index contributed by atoms with van der Waals surface area (Å²) in [7, 11) is 0. The van der Waals surface area contributed by atoms with Crippen molar-refractivity contribution in [2.24, 2.45) is 0 Å². The van der Waals surface area contributed by atoms with Gasteiger partial charge in [-0.3, -0.25) is 24.3 Å². The van der Waals surface area contributed by atoms with Crippen LogP contribution < -0.4 is 15.8 Å². The molecule has 0 radical (unpaired) electrons. The topological polar surface area (TPSA) is 121 Å². The molecule has 9 heteroatoms. The van der Waals surface area contributed by atoms with Crippen LogP contribution in [0.1, 0.15) is 18.1 Å². The summed E-state index contributed by atoms with van der Waals surface area (Å²) in [5.74, 6) is -0.466. The van der Waals surface area contributed by atoms with Gasteiger partial charge in [0, 0.05) is 31.4 Å². The molecule has 2 aromatic rings. The number of benzene rings is 1. The van der Waals surface area contributed by atoms with Crippen LogP contribution in [-0.4, -0.2) is 35.0 Å². The lowest BCUT2D eigenvalue weighted by atomic mass is 10.2.